The first kappa shape index (κ1) is 16.0. The van der Waals surface area contributed by atoms with Crippen molar-refractivity contribution in [3.63, 3.8) is 0 Å². The van der Waals surface area contributed by atoms with Gasteiger partial charge in [0.1, 0.15) is 12.4 Å². The van der Waals surface area contributed by atoms with Gasteiger partial charge in [-0.05, 0) is 5.56 Å². The van der Waals surface area contributed by atoms with Gasteiger partial charge in [0.25, 0.3) is 0 Å². The van der Waals surface area contributed by atoms with E-state index < -0.39 is 0 Å². The summed E-state index contributed by atoms with van der Waals surface area (Å²) in [6.45, 7) is 3.06. The zero-order valence-corrected chi connectivity index (χ0v) is 14.5. The molecule has 1 N–H and O–H groups in total. The molecule has 2 aromatic heterocycles. The van der Waals surface area contributed by atoms with Crippen molar-refractivity contribution in [1.82, 2.24) is 25.1 Å². The first-order chi connectivity index (χ1) is 12.3. The van der Waals surface area contributed by atoms with E-state index in [-0.39, 0.29) is 6.04 Å². The fourth-order valence-electron chi connectivity index (χ4n) is 3.34. The largest absolute Gasteiger partial charge is 0.377 e. The molecule has 0 saturated carbocycles. The lowest BCUT2D eigenvalue weighted by atomic mass is 10.0. The molecule has 1 aliphatic heterocycles. The fraction of sp³-hybridized carbons (Fsp3) is 0.389. The summed E-state index contributed by atoms with van der Waals surface area (Å²) >= 11 is 0. The Morgan fingerprint density at radius 2 is 2.08 bits per heavy atom. The molecular formula is C18H22N6O. The summed E-state index contributed by atoms with van der Waals surface area (Å²) in [4.78, 5) is 11.7. The highest BCUT2D eigenvalue weighted by Gasteiger charge is 2.24. The van der Waals surface area contributed by atoms with Crippen LogP contribution in [0.1, 0.15) is 17.4 Å². The Kier molecular flexibility index (Phi) is 4.33. The zero-order valence-electron chi connectivity index (χ0n) is 14.5. The highest BCUT2D eigenvalue weighted by Crippen LogP contribution is 2.27. The molecule has 130 valence electrons. The van der Waals surface area contributed by atoms with Crippen molar-refractivity contribution >= 4 is 16.9 Å². The third-order valence-electron chi connectivity index (χ3n) is 4.57. The summed E-state index contributed by atoms with van der Waals surface area (Å²) in [7, 11) is 3.56. The lowest BCUT2D eigenvalue weighted by Crippen LogP contribution is -2.46. The molecule has 3 aromatic rings. The van der Waals surface area contributed by atoms with Gasteiger partial charge >= 0.3 is 0 Å². The minimum Gasteiger partial charge on any atom is -0.377 e. The summed E-state index contributed by atoms with van der Waals surface area (Å²) in [5.41, 5.74) is 2.13. The van der Waals surface area contributed by atoms with Gasteiger partial charge in [0.15, 0.2) is 11.5 Å². The average Bonchev–Trinajstić information content (AvgIpc) is 3.03. The minimum absolute atomic E-state index is 0.280. The molecule has 1 aromatic carbocycles. The molecule has 4 rings (SSSR count). The molecule has 7 heteroatoms. The number of methoxy groups -OCH3 is 1. The Hall–Kier alpha value is -2.51. The molecule has 1 saturated heterocycles. The number of nitrogens with one attached hydrogen (secondary N) is 1. The van der Waals surface area contributed by atoms with Gasteiger partial charge in [-0.1, -0.05) is 30.3 Å². The Bertz CT molecular complexity index is 863. The predicted octanol–water partition coefficient (Wildman–Crippen LogP) is 1.66. The number of nitrogens with zero attached hydrogens (tertiary/aromatic N) is 5. The van der Waals surface area contributed by atoms with E-state index in [1.807, 2.05) is 19.3 Å². The van der Waals surface area contributed by atoms with Crippen LogP contribution in [0.3, 0.4) is 0 Å². The second kappa shape index (κ2) is 6.78. The fourth-order valence-corrected chi connectivity index (χ4v) is 3.34. The Balaban J connectivity index is 1.70. The topological polar surface area (TPSA) is 68.1 Å². The highest BCUT2D eigenvalue weighted by molar-refractivity contribution is 5.87. The van der Waals surface area contributed by atoms with Gasteiger partial charge in [-0.3, -0.25) is 4.68 Å². The lowest BCUT2D eigenvalue weighted by molar-refractivity contribution is 0.178. The van der Waals surface area contributed by atoms with Gasteiger partial charge in [-0.25, -0.2) is 9.97 Å². The molecule has 0 aliphatic carbocycles. The van der Waals surface area contributed by atoms with Crippen LogP contribution in [-0.2, 0) is 18.4 Å². The molecule has 0 bridgehead atoms. The van der Waals surface area contributed by atoms with Crippen LogP contribution >= 0.6 is 0 Å². The molecule has 3 heterocycles. The van der Waals surface area contributed by atoms with Gasteiger partial charge in [0, 0.05) is 39.8 Å². The van der Waals surface area contributed by atoms with Crippen LogP contribution in [0.5, 0.6) is 0 Å². The van der Waals surface area contributed by atoms with Gasteiger partial charge in [-0.2, -0.15) is 5.10 Å². The first-order valence-electron chi connectivity index (χ1n) is 8.47. The molecule has 1 aliphatic rings. The van der Waals surface area contributed by atoms with Crippen LogP contribution in [0, 0.1) is 0 Å². The summed E-state index contributed by atoms with van der Waals surface area (Å²) < 4.78 is 7.03. The number of piperazine rings is 1. The monoisotopic (exact) mass is 338 g/mol. The molecule has 0 amide bonds. The van der Waals surface area contributed by atoms with Crippen LogP contribution < -0.4 is 10.2 Å². The van der Waals surface area contributed by atoms with E-state index >= 15 is 0 Å². The number of aromatic nitrogens is 4. The van der Waals surface area contributed by atoms with Crippen molar-refractivity contribution < 1.29 is 4.74 Å². The lowest BCUT2D eigenvalue weighted by Gasteiger charge is -2.35. The van der Waals surface area contributed by atoms with E-state index in [9.17, 15) is 0 Å². The Labute approximate surface area is 146 Å². The number of hydrogen-bond acceptors (Lipinski definition) is 6. The maximum absolute atomic E-state index is 5.24. The number of benzene rings is 1. The normalized spacial score (nSPS) is 18.0. The number of fused-ring (bicyclic) bond motifs is 1. The number of rotatable bonds is 4. The third-order valence-corrected chi connectivity index (χ3v) is 4.57. The smallest absolute Gasteiger partial charge is 0.163 e. The van der Waals surface area contributed by atoms with E-state index in [0.717, 1.165) is 36.5 Å². The standard InChI is InChI=1S/C18H22N6O/c1-23-17-14(10-20-23)18(22-16(21-17)12-25-2)24-9-8-19-15(11-24)13-6-4-3-5-7-13/h3-7,10,15,19H,8-9,11-12H2,1-2H3/t15-/m1/s1. The SMILES string of the molecule is COCc1nc(N2CCN[C@@H](c3ccccc3)C2)c2cnn(C)c2n1. The van der Waals surface area contributed by atoms with Crippen molar-refractivity contribution in [2.75, 3.05) is 31.6 Å². The second-order valence-electron chi connectivity index (χ2n) is 6.27. The van der Waals surface area contributed by atoms with E-state index in [4.69, 9.17) is 9.72 Å². The molecule has 1 atom stereocenters. The third kappa shape index (κ3) is 3.08. The zero-order chi connectivity index (χ0) is 17.2. The van der Waals surface area contributed by atoms with Crippen LogP contribution in [0.2, 0.25) is 0 Å². The van der Waals surface area contributed by atoms with Crippen molar-refractivity contribution in [2.45, 2.75) is 12.6 Å². The van der Waals surface area contributed by atoms with Crippen LogP contribution in [0.15, 0.2) is 36.5 Å². The molecule has 0 spiro atoms. The van der Waals surface area contributed by atoms with Crippen molar-refractivity contribution in [3.05, 3.63) is 47.9 Å². The molecular weight excluding hydrogens is 316 g/mol. The summed E-state index contributed by atoms with van der Waals surface area (Å²) in [6, 6.07) is 10.8. The van der Waals surface area contributed by atoms with Gasteiger partial charge in [-0.15, -0.1) is 0 Å². The summed E-state index contributed by atoms with van der Waals surface area (Å²) in [6.07, 6.45) is 1.85. The van der Waals surface area contributed by atoms with E-state index in [1.54, 1.807) is 11.8 Å². The first-order valence-corrected chi connectivity index (χ1v) is 8.47. The number of anilines is 1. The maximum Gasteiger partial charge on any atom is 0.163 e. The average molecular weight is 338 g/mol. The molecule has 0 radical (unpaired) electrons. The van der Waals surface area contributed by atoms with Crippen molar-refractivity contribution in [1.29, 1.82) is 0 Å². The maximum atomic E-state index is 5.24. The van der Waals surface area contributed by atoms with Crippen molar-refractivity contribution in [3.8, 4) is 0 Å². The second-order valence-corrected chi connectivity index (χ2v) is 6.27. The summed E-state index contributed by atoms with van der Waals surface area (Å²) in [5, 5.41) is 8.94. The van der Waals surface area contributed by atoms with E-state index in [1.165, 1.54) is 5.56 Å². The van der Waals surface area contributed by atoms with Crippen molar-refractivity contribution in [2.24, 2.45) is 7.05 Å². The number of aryl methyl sites for hydroxylation is 1. The quantitative estimate of drug-likeness (QED) is 0.780. The number of hydrogen-bond donors (Lipinski definition) is 1. The minimum atomic E-state index is 0.280. The molecule has 0 unspecified atom stereocenters. The van der Waals surface area contributed by atoms with E-state index in [0.29, 0.717) is 12.4 Å². The van der Waals surface area contributed by atoms with Crippen LogP contribution in [-0.4, -0.2) is 46.5 Å². The van der Waals surface area contributed by atoms with Gasteiger partial charge in [0.2, 0.25) is 0 Å². The Morgan fingerprint density at radius 3 is 2.88 bits per heavy atom. The molecule has 25 heavy (non-hydrogen) atoms. The van der Waals surface area contributed by atoms with Crippen LogP contribution in [0.4, 0.5) is 5.82 Å². The van der Waals surface area contributed by atoms with Gasteiger partial charge < -0.3 is 15.0 Å². The molecule has 1 fully saturated rings. The predicted molar refractivity (Wildman–Crippen MR) is 96.4 cm³/mol. The molecule has 7 nitrogen and oxygen atoms in total. The van der Waals surface area contributed by atoms with Crippen LogP contribution in [0.25, 0.3) is 11.0 Å². The van der Waals surface area contributed by atoms with Gasteiger partial charge in [0.05, 0.1) is 11.6 Å². The highest BCUT2D eigenvalue weighted by atomic mass is 16.5. The number of ether oxygens (including phenoxy) is 1. The van der Waals surface area contributed by atoms with E-state index in [2.05, 4.69) is 44.6 Å². The Morgan fingerprint density at radius 1 is 1.24 bits per heavy atom. The summed E-state index contributed by atoms with van der Waals surface area (Å²) in [5.74, 6) is 1.62.